The Labute approximate surface area is 471 Å². The molecule has 1 heterocycles. The van der Waals surface area contributed by atoms with Gasteiger partial charge in [0.05, 0.1) is 25.4 Å². The first kappa shape index (κ1) is 72.9. The fraction of sp³-hybridized carbons (Fsp3) is 0.955. The van der Waals surface area contributed by atoms with Crippen LogP contribution in [0.25, 0.3) is 0 Å². The maximum Gasteiger partial charge on any atom is 0.220 e. The van der Waals surface area contributed by atoms with E-state index in [2.05, 4.69) is 31.3 Å². The van der Waals surface area contributed by atoms with E-state index < -0.39 is 49.5 Å². The third-order valence-electron chi connectivity index (χ3n) is 16.6. The summed E-state index contributed by atoms with van der Waals surface area (Å²) in [6.45, 7) is 3.88. The van der Waals surface area contributed by atoms with Crippen molar-refractivity contribution in [3.8, 4) is 0 Å². The highest BCUT2D eigenvalue weighted by atomic mass is 16.7. The van der Waals surface area contributed by atoms with Gasteiger partial charge in [0.1, 0.15) is 24.4 Å². The topological polar surface area (TPSA) is 149 Å². The Morgan fingerprint density at radius 3 is 1.07 bits per heavy atom. The van der Waals surface area contributed by atoms with Crippen LogP contribution in [0.1, 0.15) is 354 Å². The second-order valence-corrected chi connectivity index (χ2v) is 24.0. The molecule has 9 nitrogen and oxygen atoms in total. The number of hydrogen-bond donors (Lipinski definition) is 6. The van der Waals surface area contributed by atoms with Gasteiger partial charge in [-0.05, 0) is 38.5 Å². The molecule has 1 fully saturated rings. The van der Waals surface area contributed by atoms with E-state index in [1.807, 2.05) is 0 Å². The number of carbonyl (C=O) groups is 1. The molecule has 0 saturated carbocycles. The Bertz CT molecular complexity index is 1200. The minimum absolute atomic E-state index is 0.132. The van der Waals surface area contributed by atoms with Crippen LogP contribution < -0.4 is 5.32 Å². The lowest BCUT2D eigenvalue weighted by molar-refractivity contribution is -0.302. The number of unbranched alkanes of at least 4 members (excludes halogenated alkanes) is 48. The van der Waals surface area contributed by atoms with Gasteiger partial charge in [-0.1, -0.05) is 321 Å². The third-order valence-corrected chi connectivity index (χ3v) is 16.6. The van der Waals surface area contributed by atoms with Gasteiger partial charge in [0.2, 0.25) is 5.91 Å². The normalized spacial score (nSPS) is 18.8. The second kappa shape index (κ2) is 57.2. The molecule has 0 aliphatic carbocycles. The van der Waals surface area contributed by atoms with E-state index in [9.17, 15) is 30.3 Å². The molecular weight excluding hydrogens is 947 g/mol. The average Bonchev–Trinajstić information content (AvgIpc) is 3.42. The minimum Gasteiger partial charge on any atom is -0.394 e. The van der Waals surface area contributed by atoms with Crippen molar-refractivity contribution in [2.45, 2.75) is 397 Å². The van der Waals surface area contributed by atoms with Crippen molar-refractivity contribution in [3.05, 3.63) is 12.2 Å². The molecule has 7 unspecified atom stereocenters. The quantitative estimate of drug-likeness (QED) is 0.0261. The molecule has 0 bridgehead atoms. The van der Waals surface area contributed by atoms with Crippen LogP contribution >= 0.6 is 0 Å². The number of aliphatic hydroxyl groups excluding tert-OH is 5. The van der Waals surface area contributed by atoms with E-state index in [4.69, 9.17) is 9.47 Å². The number of rotatable bonds is 60. The zero-order chi connectivity index (χ0) is 55.0. The lowest BCUT2D eigenvalue weighted by atomic mass is 9.99. The van der Waals surface area contributed by atoms with Crippen LogP contribution in [0, 0.1) is 0 Å². The number of allylic oxidation sites excluding steroid dienone is 2. The lowest BCUT2D eigenvalue weighted by Gasteiger charge is -2.40. The molecule has 1 amide bonds. The van der Waals surface area contributed by atoms with E-state index in [0.717, 1.165) is 38.5 Å². The number of nitrogens with one attached hydrogen (secondary N) is 1. The van der Waals surface area contributed by atoms with Gasteiger partial charge in [-0.15, -0.1) is 0 Å². The van der Waals surface area contributed by atoms with E-state index in [0.29, 0.717) is 12.8 Å². The van der Waals surface area contributed by atoms with Gasteiger partial charge in [-0.25, -0.2) is 0 Å². The first-order valence-corrected chi connectivity index (χ1v) is 33.9. The molecule has 0 aromatic rings. The standard InChI is InChI=1S/C67H131NO8/c1-3-5-7-9-11-13-15-17-19-21-22-23-24-25-26-27-28-29-30-31-32-33-34-35-36-37-38-39-40-41-43-45-47-49-51-53-55-57-63(71)68-60(59-75-67-66(74)65(73)64(72)62(58-69)76-67)61(70)56-54-52-50-48-46-44-42-20-18-16-14-12-10-8-6-4-2/h21-22,60-62,64-67,69-70,72-74H,3-20,23-59H2,1-2H3,(H,68,71)/b22-21-. The monoisotopic (exact) mass is 1080 g/mol. The van der Waals surface area contributed by atoms with Crippen LogP contribution in [0.15, 0.2) is 12.2 Å². The first-order valence-electron chi connectivity index (χ1n) is 33.9. The van der Waals surface area contributed by atoms with E-state index in [1.165, 1.54) is 289 Å². The third kappa shape index (κ3) is 45.6. The summed E-state index contributed by atoms with van der Waals surface area (Å²) < 4.78 is 11.3. The molecule has 7 atom stereocenters. The van der Waals surface area contributed by atoms with Gasteiger partial charge in [0.25, 0.3) is 0 Å². The predicted molar refractivity (Wildman–Crippen MR) is 323 cm³/mol. The van der Waals surface area contributed by atoms with Crippen LogP contribution in [0.4, 0.5) is 0 Å². The van der Waals surface area contributed by atoms with Gasteiger partial charge in [-0.2, -0.15) is 0 Å². The van der Waals surface area contributed by atoms with Crippen molar-refractivity contribution in [3.63, 3.8) is 0 Å². The summed E-state index contributed by atoms with van der Waals surface area (Å²) in [6.07, 6.45) is 65.7. The maximum atomic E-state index is 13.1. The lowest BCUT2D eigenvalue weighted by Crippen LogP contribution is -2.60. The molecular formula is C67H131NO8. The van der Waals surface area contributed by atoms with Gasteiger partial charge in [-0.3, -0.25) is 4.79 Å². The van der Waals surface area contributed by atoms with Crippen molar-refractivity contribution < 1.29 is 39.8 Å². The van der Waals surface area contributed by atoms with Crippen molar-refractivity contribution >= 4 is 5.91 Å². The summed E-state index contributed by atoms with van der Waals surface area (Å²) in [5.74, 6) is -0.136. The molecule has 9 heteroatoms. The summed E-state index contributed by atoms with van der Waals surface area (Å²) in [5.41, 5.74) is 0. The summed E-state index contributed by atoms with van der Waals surface area (Å²) >= 11 is 0. The Kier molecular flexibility index (Phi) is 54.9. The smallest absolute Gasteiger partial charge is 0.220 e. The highest BCUT2D eigenvalue weighted by molar-refractivity contribution is 5.76. The number of amides is 1. The van der Waals surface area contributed by atoms with E-state index >= 15 is 0 Å². The minimum atomic E-state index is -1.55. The van der Waals surface area contributed by atoms with Gasteiger partial charge < -0.3 is 40.3 Å². The SMILES string of the molecule is CCCCCCCCCC/C=C\CCCCCCCCCCCCCCCCCCCCCCCCCCCC(=O)NC(COC1OC(CO)C(O)C(O)C1O)C(O)CCCCCCCCCCCCCCCCCC. The largest absolute Gasteiger partial charge is 0.394 e. The summed E-state index contributed by atoms with van der Waals surface area (Å²) in [6, 6.07) is -0.715. The van der Waals surface area contributed by atoms with Crippen LogP contribution in [0.5, 0.6) is 0 Å². The van der Waals surface area contributed by atoms with Gasteiger partial charge in [0.15, 0.2) is 6.29 Å². The zero-order valence-electron chi connectivity index (χ0n) is 50.5. The highest BCUT2D eigenvalue weighted by Gasteiger charge is 2.44. The fourth-order valence-electron chi connectivity index (χ4n) is 11.3. The molecule has 6 N–H and O–H groups in total. The van der Waals surface area contributed by atoms with Gasteiger partial charge >= 0.3 is 0 Å². The Hall–Kier alpha value is -1.07. The van der Waals surface area contributed by atoms with Crippen molar-refractivity contribution in [2.24, 2.45) is 0 Å². The molecule has 1 rings (SSSR count). The number of aliphatic hydroxyl groups is 5. The fourth-order valence-corrected chi connectivity index (χ4v) is 11.3. The predicted octanol–water partition coefficient (Wildman–Crippen LogP) is 17.9. The van der Waals surface area contributed by atoms with Crippen LogP contribution in [-0.4, -0.2) is 87.5 Å². The van der Waals surface area contributed by atoms with E-state index in [-0.39, 0.29) is 12.5 Å². The summed E-state index contributed by atoms with van der Waals surface area (Å²) in [4.78, 5) is 13.1. The van der Waals surface area contributed by atoms with Gasteiger partial charge in [0, 0.05) is 6.42 Å². The summed E-state index contributed by atoms with van der Waals surface area (Å²) in [7, 11) is 0. The maximum absolute atomic E-state index is 13.1. The Morgan fingerprint density at radius 2 is 0.737 bits per heavy atom. The van der Waals surface area contributed by atoms with E-state index in [1.54, 1.807) is 0 Å². The molecule has 1 aliphatic rings. The van der Waals surface area contributed by atoms with Crippen molar-refractivity contribution in [1.29, 1.82) is 0 Å². The second-order valence-electron chi connectivity index (χ2n) is 24.0. The van der Waals surface area contributed by atoms with Crippen LogP contribution in [-0.2, 0) is 14.3 Å². The number of ether oxygens (including phenoxy) is 2. The summed E-state index contributed by atoms with van der Waals surface area (Å²) in [5, 5.41) is 54.8. The number of carbonyl (C=O) groups excluding carboxylic acids is 1. The van der Waals surface area contributed by atoms with Crippen LogP contribution in [0.2, 0.25) is 0 Å². The first-order chi connectivity index (χ1) is 37.3. The molecule has 0 aromatic heterocycles. The van der Waals surface area contributed by atoms with Crippen molar-refractivity contribution in [2.75, 3.05) is 13.2 Å². The molecule has 1 saturated heterocycles. The molecule has 0 radical (unpaired) electrons. The average molecular weight is 1080 g/mol. The Morgan fingerprint density at radius 1 is 0.434 bits per heavy atom. The zero-order valence-corrected chi connectivity index (χ0v) is 50.5. The van der Waals surface area contributed by atoms with Crippen LogP contribution in [0.3, 0.4) is 0 Å². The Balaban J connectivity index is 2.03. The molecule has 76 heavy (non-hydrogen) atoms. The molecule has 0 spiro atoms. The molecule has 452 valence electrons. The molecule has 0 aromatic carbocycles. The highest BCUT2D eigenvalue weighted by Crippen LogP contribution is 2.24. The molecule has 1 aliphatic heterocycles. The van der Waals surface area contributed by atoms with Crippen molar-refractivity contribution in [1.82, 2.24) is 5.32 Å². The number of hydrogen-bond acceptors (Lipinski definition) is 8.